The topological polar surface area (TPSA) is 77.5 Å². The molecule has 5 rings (SSSR count). The fourth-order valence-corrected chi connectivity index (χ4v) is 4.87. The Bertz CT molecular complexity index is 837. The number of likely N-dealkylation sites (tertiary alicyclic amines) is 1. The van der Waals surface area contributed by atoms with E-state index in [1.54, 1.807) is 6.20 Å². The van der Waals surface area contributed by atoms with Crippen LogP contribution in [0, 0.1) is 0 Å². The van der Waals surface area contributed by atoms with Gasteiger partial charge in [0.15, 0.2) is 11.6 Å². The van der Waals surface area contributed by atoms with Gasteiger partial charge in [0.1, 0.15) is 12.0 Å². The van der Waals surface area contributed by atoms with Crippen LogP contribution in [-0.2, 0) is 14.3 Å². The Morgan fingerprint density at radius 3 is 2.93 bits per heavy atom. The van der Waals surface area contributed by atoms with Gasteiger partial charge in [0.25, 0.3) is 0 Å². The SMILES string of the molecule is CN(C)CC1COC2(CCN(C3=C(F)C=C4CC(C(=O)O)=CN(C5CC5)C4N3)C2)O1. The van der Waals surface area contributed by atoms with Crippen LogP contribution in [0.15, 0.2) is 35.1 Å². The molecular weight excluding hydrogens is 391 g/mol. The summed E-state index contributed by atoms with van der Waals surface area (Å²) in [5.74, 6) is -1.54. The number of ether oxygens (including phenoxy) is 2. The first-order valence-corrected chi connectivity index (χ1v) is 10.6. The molecule has 3 unspecified atom stereocenters. The van der Waals surface area contributed by atoms with E-state index in [1.807, 2.05) is 23.9 Å². The summed E-state index contributed by atoms with van der Waals surface area (Å²) in [5, 5.41) is 12.8. The Labute approximate surface area is 175 Å². The van der Waals surface area contributed by atoms with Crippen LogP contribution in [0.3, 0.4) is 0 Å². The molecule has 2 saturated heterocycles. The smallest absolute Gasteiger partial charge is 0.333 e. The van der Waals surface area contributed by atoms with Crippen molar-refractivity contribution in [3.05, 3.63) is 35.1 Å². The van der Waals surface area contributed by atoms with Crippen LogP contribution in [-0.4, -0.2) is 90.2 Å². The highest BCUT2D eigenvalue weighted by Crippen LogP contribution is 2.40. The van der Waals surface area contributed by atoms with E-state index in [0.717, 1.165) is 25.0 Å². The number of dihydropyridines is 1. The largest absolute Gasteiger partial charge is 0.478 e. The van der Waals surface area contributed by atoms with Crippen molar-refractivity contribution in [3.63, 3.8) is 0 Å². The molecule has 2 N–H and O–H groups in total. The van der Waals surface area contributed by atoms with Gasteiger partial charge < -0.3 is 34.6 Å². The molecule has 164 valence electrons. The van der Waals surface area contributed by atoms with Crippen molar-refractivity contribution in [1.82, 2.24) is 20.0 Å². The van der Waals surface area contributed by atoms with Gasteiger partial charge in [0.2, 0.25) is 0 Å². The summed E-state index contributed by atoms with van der Waals surface area (Å²) in [6.07, 6.45) is 6.04. The monoisotopic (exact) mass is 420 g/mol. The van der Waals surface area contributed by atoms with E-state index in [-0.39, 0.29) is 24.5 Å². The highest BCUT2D eigenvalue weighted by Gasteiger charge is 2.49. The van der Waals surface area contributed by atoms with Crippen LogP contribution in [0.5, 0.6) is 0 Å². The standard InChI is InChI=1S/C21H29FN4O4/c1-24(2)10-16-11-29-21(30-16)5-6-25(12-21)19-17(22)8-13-7-14(20(27)28)9-26(15-3-4-15)18(13)23-19/h8-9,15-16,18,23H,3-7,10-12H2,1-2H3,(H,27,28). The number of aliphatic carboxylic acids is 1. The number of allylic oxidation sites excluding steroid dienone is 2. The Morgan fingerprint density at radius 2 is 2.23 bits per heavy atom. The van der Waals surface area contributed by atoms with E-state index in [2.05, 4.69) is 10.2 Å². The molecule has 0 bridgehead atoms. The van der Waals surface area contributed by atoms with E-state index in [0.29, 0.717) is 43.6 Å². The van der Waals surface area contributed by atoms with E-state index in [9.17, 15) is 9.90 Å². The third-order valence-corrected chi connectivity index (χ3v) is 6.40. The van der Waals surface area contributed by atoms with Gasteiger partial charge in [-0.05, 0) is 38.6 Å². The summed E-state index contributed by atoms with van der Waals surface area (Å²) in [6, 6.07) is 0.307. The summed E-state index contributed by atoms with van der Waals surface area (Å²) in [6.45, 7) is 2.45. The molecular formula is C21H29FN4O4. The second-order valence-corrected chi connectivity index (χ2v) is 9.17. The van der Waals surface area contributed by atoms with E-state index in [1.165, 1.54) is 6.08 Å². The molecule has 0 aromatic carbocycles. The third-order valence-electron chi connectivity index (χ3n) is 6.40. The average molecular weight is 420 g/mol. The minimum absolute atomic E-state index is 0.0212. The maximum Gasteiger partial charge on any atom is 0.333 e. The first-order chi connectivity index (χ1) is 14.3. The number of carbonyl (C=O) groups is 1. The minimum Gasteiger partial charge on any atom is -0.478 e. The molecule has 1 spiro atoms. The Morgan fingerprint density at radius 1 is 1.43 bits per heavy atom. The quantitative estimate of drug-likeness (QED) is 0.687. The molecule has 0 aromatic heterocycles. The van der Waals surface area contributed by atoms with E-state index >= 15 is 4.39 Å². The number of carboxylic acids is 1. The average Bonchev–Trinajstić information content (AvgIpc) is 3.35. The summed E-state index contributed by atoms with van der Waals surface area (Å²) >= 11 is 0. The summed E-state index contributed by atoms with van der Waals surface area (Å²) < 4.78 is 27.3. The lowest BCUT2D eigenvalue weighted by Gasteiger charge is -2.42. The van der Waals surface area contributed by atoms with Gasteiger partial charge in [-0.15, -0.1) is 0 Å². The zero-order chi connectivity index (χ0) is 21.0. The highest BCUT2D eigenvalue weighted by molar-refractivity contribution is 5.87. The zero-order valence-corrected chi connectivity index (χ0v) is 17.4. The fourth-order valence-electron chi connectivity index (χ4n) is 4.87. The van der Waals surface area contributed by atoms with Crippen molar-refractivity contribution >= 4 is 5.97 Å². The Balaban J connectivity index is 1.33. The second-order valence-electron chi connectivity index (χ2n) is 9.17. The second kappa shape index (κ2) is 7.25. The maximum absolute atomic E-state index is 15.1. The number of nitrogens with one attached hydrogen (secondary N) is 1. The molecule has 0 radical (unpaired) electrons. The van der Waals surface area contributed by atoms with Gasteiger partial charge in [-0.2, -0.15) is 0 Å². The molecule has 3 atom stereocenters. The van der Waals surface area contributed by atoms with Crippen LogP contribution >= 0.6 is 0 Å². The van der Waals surface area contributed by atoms with Gasteiger partial charge in [-0.25, -0.2) is 9.18 Å². The van der Waals surface area contributed by atoms with Gasteiger partial charge in [0, 0.05) is 38.2 Å². The number of rotatable bonds is 5. The van der Waals surface area contributed by atoms with E-state index < -0.39 is 11.8 Å². The molecule has 0 aromatic rings. The zero-order valence-electron chi connectivity index (χ0n) is 17.4. The number of hydrogen-bond acceptors (Lipinski definition) is 7. The summed E-state index contributed by atoms with van der Waals surface area (Å²) in [7, 11) is 4.01. The first-order valence-electron chi connectivity index (χ1n) is 10.6. The van der Waals surface area contributed by atoms with Crippen LogP contribution in [0.2, 0.25) is 0 Å². The van der Waals surface area contributed by atoms with Crippen LogP contribution in [0.25, 0.3) is 0 Å². The molecule has 1 aliphatic carbocycles. The lowest BCUT2D eigenvalue weighted by molar-refractivity contribution is -0.157. The number of carboxylic acid groups (broad SMARTS) is 1. The minimum atomic E-state index is -0.945. The molecule has 0 amide bonds. The molecule has 8 nitrogen and oxygen atoms in total. The molecule has 5 aliphatic rings. The van der Waals surface area contributed by atoms with Crippen molar-refractivity contribution in [2.45, 2.75) is 49.8 Å². The lowest BCUT2D eigenvalue weighted by atomic mass is 9.96. The highest BCUT2D eigenvalue weighted by atomic mass is 19.1. The molecule has 4 aliphatic heterocycles. The number of fused-ring (bicyclic) bond motifs is 1. The predicted octanol–water partition coefficient (Wildman–Crippen LogP) is 1.20. The summed E-state index contributed by atoms with van der Waals surface area (Å²) in [5.41, 5.74) is 1.07. The first kappa shape index (κ1) is 19.8. The predicted molar refractivity (Wildman–Crippen MR) is 107 cm³/mol. The van der Waals surface area contributed by atoms with Gasteiger partial charge in [-0.3, -0.25) is 0 Å². The molecule has 4 heterocycles. The van der Waals surface area contributed by atoms with Crippen molar-refractivity contribution in [2.24, 2.45) is 0 Å². The summed E-state index contributed by atoms with van der Waals surface area (Å²) in [4.78, 5) is 17.6. The van der Waals surface area contributed by atoms with Crippen LogP contribution in [0.1, 0.15) is 25.7 Å². The van der Waals surface area contributed by atoms with Gasteiger partial charge in [0.05, 0.1) is 24.8 Å². The number of halogens is 1. The van der Waals surface area contributed by atoms with Crippen molar-refractivity contribution in [3.8, 4) is 0 Å². The number of likely N-dealkylation sites (N-methyl/N-ethyl adjacent to an activating group) is 1. The fraction of sp³-hybridized carbons (Fsp3) is 0.667. The lowest BCUT2D eigenvalue weighted by Crippen LogP contribution is -2.52. The number of nitrogens with zero attached hydrogens (tertiary/aromatic N) is 3. The van der Waals surface area contributed by atoms with Crippen molar-refractivity contribution < 1.29 is 23.8 Å². The normalized spacial score (nSPS) is 33.7. The molecule has 9 heteroatoms. The molecule has 30 heavy (non-hydrogen) atoms. The molecule has 3 fully saturated rings. The van der Waals surface area contributed by atoms with E-state index in [4.69, 9.17) is 9.47 Å². The van der Waals surface area contributed by atoms with Gasteiger partial charge >= 0.3 is 5.97 Å². The number of hydrogen-bond donors (Lipinski definition) is 2. The van der Waals surface area contributed by atoms with Crippen molar-refractivity contribution in [1.29, 1.82) is 0 Å². The van der Waals surface area contributed by atoms with Gasteiger partial charge in [-0.1, -0.05) is 0 Å². The van der Waals surface area contributed by atoms with Crippen LogP contribution < -0.4 is 5.32 Å². The molecule has 1 saturated carbocycles. The third kappa shape index (κ3) is 3.59. The Hall–Kier alpha value is -2.10. The maximum atomic E-state index is 15.1. The Kier molecular flexibility index (Phi) is 4.79. The van der Waals surface area contributed by atoms with Crippen molar-refractivity contribution in [2.75, 3.05) is 40.3 Å². The van der Waals surface area contributed by atoms with Crippen LogP contribution in [0.4, 0.5) is 4.39 Å².